The minimum absolute atomic E-state index is 0.199. The summed E-state index contributed by atoms with van der Waals surface area (Å²) in [4.78, 5) is 45.2. The molecular weight excluding hydrogens is 292 g/mol. The third-order valence-corrected chi connectivity index (χ3v) is 2.75. The van der Waals surface area contributed by atoms with Crippen molar-refractivity contribution in [3.8, 4) is 0 Å². The van der Waals surface area contributed by atoms with Crippen molar-refractivity contribution in [3.05, 3.63) is 24.3 Å². The second kappa shape index (κ2) is 8.11. The topological polar surface area (TPSA) is 96.0 Å². The van der Waals surface area contributed by atoms with Gasteiger partial charge in [0.1, 0.15) is 0 Å². The number of carbonyl (C=O) groups excluding carboxylic acids is 4. The summed E-state index contributed by atoms with van der Waals surface area (Å²) >= 11 is 0. The van der Waals surface area contributed by atoms with E-state index in [1.807, 2.05) is 0 Å². The van der Waals surface area contributed by atoms with Crippen molar-refractivity contribution in [2.24, 2.45) is 5.92 Å². The van der Waals surface area contributed by atoms with Crippen LogP contribution < -0.4 is 0 Å². The maximum absolute atomic E-state index is 11.4. The Morgan fingerprint density at radius 1 is 1.23 bits per heavy atom. The average molecular weight is 310 g/mol. The van der Waals surface area contributed by atoms with E-state index in [1.54, 1.807) is 13.8 Å². The molecule has 1 rings (SSSR count). The van der Waals surface area contributed by atoms with Crippen molar-refractivity contribution < 1.29 is 33.4 Å². The third-order valence-electron chi connectivity index (χ3n) is 2.75. The van der Waals surface area contributed by atoms with Crippen LogP contribution in [0.5, 0.6) is 0 Å². The fraction of sp³-hybridized carbons (Fsp3) is 0.467. The predicted molar refractivity (Wildman–Crippen MR) is 74.3 cm³/mol. The Morgan fingerprint density at radius 2 is 1.86 bits per heavy atom. The van der Waals surface area contributed by atoms with Crippen molar-refractivity contribution in [2.45, 2.75) is 32.8 Å². The molecule has 1 saturated carbocycles. The van der Waals surface area contributed by atoms with Crippen LogP contribution in [-0.4, -0.2) is 36.6 Å². The highest BCUT2D eigenvalue weighted by Crippen LogP contribution is 2.22. The van der Waals surface area contributed by atoms with Gasteiger partial charge in [-0.2, -0.15) is 0 Å². The molecule has 0 heterocycles. The van der Waals surface area contributed by atoms with Gasteiger partial charge in [0.2, 0.25) is 6.79 Å². The number of ketones is 1. The lowest BCUT2D eigenvalue weighted by atomic mass is 10.2. The summed E-state index contributed by atoms with van der Waals surface area (Å²) in [5, 5.41) is 0. The molecule has 7 nitrogen and oxygen atoms in total. The first-order valence-corrected chi connectivity index (χ1v) is 6.71. The molecule has 1 fully saturated rings. The lowest BCUT2D eigenvalue weighted by molar-refractivity contribution is -0.166. The Balaban J connectivity index is 2.30. The van der Waals surface area contributed by atoms with Crippen LogP contribution in [0, 0.1) is 5.92 Å². The molecule has 7 heteroatoms. The first-order valence-electron chi connectivity index (χ1n) is 6.71. The monoisotopic (exact) mass is 310 g/mol. The van der Waals surface area contributed by atoms with Gasteiger partial charge in [-0.3, -0.25) is 9.59 Å². The Morgan fingerprint density at radius 3 is 2.41 bits per heavy atom. The zero-order chi connectivity index (χ0) is 16.7. The molecule has 0 aromatic rings. The fourth-order valence-corrected chi connectivity index (χ4v) is 1.59. The molecule has 0 amide bonds. The Bertz CT molecular complexity index is 516. The first kappa shape index (κ1) is 17.6. The van der Waals surface area contributed by atoms with Crippen LogP contribution in [0.15, 0.2) is 24.3 Å². The van der Waals surface area contributed by atoms with Gasteiger partial charge in [0.15, 0.2) is 11.9 Å². The number of rotatable bonds is 6. The molecule has 1 aliphatic rings. The summed E-state index contributed by atoms with van der Waals surface area (Å²) in [6, 6.07) is 0. The summed E-state index contributed by atoms with van der Waals surface area (Å²) < 4.78 is 14.1. The Kier molecular flexibility index (Phi) is 6.49. The van der Waals surface area contributed by atoms with E-state index in [9.17, 15) is 19.2 Å². The minimum atomic E-state index is -0.865. The molecule has 0 aromatic carbocycles. The number of hydrogen-bond acceptors (Lipinski definition) is 7. The molecule has 1 atom stereocenters. The summed E-state index contributed by atoms with van der Waals surface area (Å²) in [7, 11) is 0. The van der Waals surface area contributed by atoms with E-state index in [2.05, 4.69) is 16.1 Å². The van der Waals surface area contributed by atoms with Gasteiger partial charge in [-0.1, -0.05) is 26.0 Å². The molecule has 22 heavy (non-hydrogen) atoms. The van der Waals surface area contributed by atoms with E-state index in [-0.39, 0.29) is 18.1 Å². The number of esters is 3. The average Bonchev–Trinajstić information content (AvgIpc) is 2.74. The van der Waals surface area contributed by atoms with Gasteiger partial charge in [0, 0.05) is 25.0 Å². The van der Waals surface area contributed by atoms with Crippen LogP contribution in [0.25, 0.3) is 0 Å². The van der Waals surface area contributed by atoms with Crippen molar-refractivity contribution in [2.75, 3.05) is 6.79 Å². The van der Waals surface area contributed by atoms with Gasteiger partial charge >= 0.3 is 17.9 Å². The van der Waals surface area contributed by atoms with Crippen molar-refractivity contribution in [1.29, 1.82) is 0 Å². The van der Waals surface area contributed by atoms with Crippen LogP contribution >= 0.6 is 0 Å². The number of carbonyl (C=O) groups is 4. The van der Waals surface area contributed by atoms with E-state index in [4.69, 9.17) is 4.74 Å². The van der Waals surface area contributed by atoms with Crippen LogP contribution in [0.4, 0.5) is 0 Å². The molecule has 0 radical (unpaired) electrons. The zero-order valence-corrected chi connectivity index (χ0v) is 12.5. The number of ether oxygens (including phenoxy) is 3. The largest absolute Gasteiger partial charge is 0.451 e. The van der Waals surface area contributed by atoms with Crippen LogP contribution in [-0.2, 0) is 33.4 Å². The maximum atomic E-state index is 11.4. The Labute approximate surface area is 127 Å². The van der Waals surface area contributed by atoms with E-state index >= 15 is 0 Å². The summed E-state index contributed by atoms with van der Waals surface area (Å²) in [6.07, 6.45) is 1.34. The summed E-state index contributed by atoms with van der Waals surface area (Å²) in [5.74, 6) is -2.74. The molecule has 0 N–H and O–H groups in total. The number of hydrogen-bond donors (Lipinski definition) is 0. The third kappa shape index (κ3) is 5.90. The zero-order valence-electron chi connectivity index (χ0n) is 12.5. The Hall–Kier alpha value is -2.44. The van der Waals surface area contributed by atoms with E-state index in [0.29, 0.717) is 12.0 Å². The molecular formula is C15H18O7. The minimum Gasteiger partial charge on any atom is -0.451 e. The molecule has 0 saturated heterocycles. The standard InChI is InChI=1S/C15H18O7/c1-9(2)15(19)21-8-20-13(17)4-5-14(18)22-12-7-10(3)6-11(12)16/h4-5,9,12H,3,6-8H2,1-2H3/b5-4+. The fourth-order valence-electron chi connectivity index (χ4n) is 1.59. The molecule has 0 spiro atoms. The highest BCUT2D eigenvalue weighted by atomic mass is 16.7. The normalized spacial score (nSPS) is 17.9. The second-order valence-electron chi connectivity index (χ2n) is 5.06. The quantitative estimate of drug-likeness (QED) is 0.313. The van der Waals surface area contributed by atoms with Crippen LogP contribution in [0.1, 0.15) is 26.7 Å². The van der Waals surface area contributed by atoms with Crippen molar-refractivity contribution >= 4 is 23.7 Å². The molecule has 0 bridgehead atoms. The molecule has 120 valence electrons. The van der Waals surface area contributed by atoms with Gasteiger partial charge in [-0.25, -0.2) is 9.59 Å². The lowest BCUT2D eigenvalue weighted by Gasteiger charge is -2.07. The van der Waals surface area contributed by atoms with Gasteiger partial charge in [0.05, 0.1) is 5.92 Å². The van der Waals surface area contributed by atoms with E-state index in [1.165, 1.54) is 0 Å². The van der Waals surface area contributed by atoms with Gasteiger partial charge in [-0.05, 0) is 0 Å². The molecule has 1 unspecified atom stereocenters. The smallest absolute Gasteiger partial charge is 0.333 e. The molecule has 0 aliphatic heterocycles. The van der Waals surface area contributed by atoms with Crippen LogP contribution in [0.3, 0.4) is 0 Å². The van der Waals surface area contributed by atoms with Crippen molar-refractivity contribution in [1.82, 2.24) is 0 Å². The van der Waals surface area contributed by atoms with Crippen LogP contribution in [0.2, 0.25) is 0 Å². The van der Waals surface area contributed by atoms with E-state index < -0.39 is 30.8 Å². The van der Waals surface area contributed by atoms with Gasteiger partial charge in [-0.15, -0.1) is 0 Å². The molecule has 1 aliphatic carbocycles. The highest BCUT2D eigenvalue weighted by Gasteiger charge is 2.29. The van der Waals surface area contributed by atoms with E-state index in [0.717, 1.165) is 12.2 Å². The number of Topliss-reactive ketones (excluding diaryl/α,β-unsaturated/α-hetero) is 1. The maximum Gasteiger partial charge on any atom is 0.333 e. The first-order chi connectivity index (χ1) is 10.3. The second-order valence-corrected chi connectivity index (χ2v) is 5.06. The molecule has 0 aromatic heterocycles. The summed E-state index contributed by atoms with van der Waals surface area (Å²) in [5.41, 5.74) is 0.707. The van der Waals surface area contributed by atoms with Crippen molar-refractivity contribution in [3.63, 3.8) is 0 Å². The predicted octanol–water partition coefficient (Wildman–Crippen LogP) is 1.07. The SMILES string of the molecule is C=C1CC(=O)C(OC(=O)/C=C/C(=O)OCOC(=O)C(C)C)C1. The van der Waals surface area contributed by atoms with Gasteiger partial charge < -0.3 is 14.2 Å². The van der Waals surface area contributed by atoms with Gasteiger partial charge in [0.25, 0.3) is 0 Å². The lowest BCUT2D eigenvalue weighted by Crippen LogP contribution is -2.21. The highest BCUT2D eigenvalue weighted by molar-refractivity contribution is 5.95. The summed E-state index contributed by atoms with van der Waals surface area (Å²) in [6.45, 7) is 6.40.